The molecule has 118 valence electrons. The molecule has 1 rings (SSSR count). The highest BCUT2D eigenvalue weighted by molar-refractivity contribution is 5.92. The number of amides is 1. The van der Waals surface area contributed by atoms with Gasteiger partial charge in [-0.1, -0.05) is 0 Å². The van der Waals surface area contributed by atoms with Crippen LogP contribution in [0.25, 0.3) is 0 Å². The lowest BCUT2D eigenvalue weighted by atomic mass is 10.2. The zero-order valence-electron chi connectivity index (χ0n) is 12.8. The molecule has 0 aliphatic rings. The quantitative estimate of drug-likeness (QED) is 0.538. The van der Waals surface area contributed by atoms with Crippen LogP contribution in [0.15, 0.2) is 18.2 Å². The van der Waals surface area contributed by atoms with Crippen molar-refractivity contribution in [2.45, 2.75) is 26.4 Å². The van der Waals surface area contributed by atoms with Crippen LogP contribution in [0.4, 0.5) is 11.4 Å². The van der Waals surface area contributed by atoms with Gasteiger partial charge in [-0.15, -0.1) is 0 Å². The van der Waals surface area contributed by atoms with E-state index in [1.54, 1.807) is 25.3 Å². The molecule has 0 heterocycles. The monoisotopic (exact) mass is 296 g/mol. The van der Waals surface area contributed by atoms with Gasteiger partial charge in [0.1, 0.15) is 5.75 Å². The molecule has 0 fully saturated rings. The maximum atomic E-state index is 11.8. The minimum atomic E-state index is -0.149. The van der Waals surface area contributed by atoms with Crippen molar-refractivity contribution in [2.75, 3.05) is 38.0 Å². The Kier molecular flexibility index (Phi) is 7.56. The number of methoxy groups -OCH3 is 1. The normalized spacial score (nSPS) is 10.7. The van der Waals surface area contributed by atoms with Gasteiger partial charge >= 0.3 is 0 Å². The van der Waals surface area contributed by atoms with Gasteiger partial charge in [-0.2, -0.15) is 0 Å². The van der Waals surface area contributed by atoms with Crippen molar-refractivity contribution in [3.05, 3.63) is 18.2 Å². The molecule has 0 saturated heterocycles. The molecule has 0 saturated carbocycles. The molecule has 0 aliphatic heterocycles. The summed E-state index contributed by atoms with van der Waals surface area (Å²) in [7, 11) is 1.54. The summed E-state index contributed by atoms with van der Waals surface area (Å²) in [6, 6.07) is 5.09. The van der Waals surface area contributed by atoms with E-state index in [9.17, 15) is 4.79 Å². The number of ether oxygens (including phenoxy) is 3. The summed E-state index contributed by atoms with van der Waals surface area (Å²) < 4.78 is 15.8. The van der Waals surface area contributed by atoms with E-state index in [1.165, 1.54) is 0 Å². The highest BCUT2D eigenvalue weighted by Gasteiger charge is 2.08. The van der Waals surface area contributed by atoms with Crippen LogP contribution < -0.4 is 15.8 Å². The molecule has 6 heteroatoms. The zero-order chi connectivity index (χ0) is 15.7. The van der Waals surface area contributed by atoms with Crippen LogP contribution in [0, 0.1) is 0 Å². The summed E-state index contributed by atoms with van der Waals surface area (Å²) in [5.41, 5.74) is 6.82. The summed E-state index contributed by atoms with van der Waals surface area (Å²) >= 11 is 0. The number of nitrogens with two attached hydrogens (primary N) is 1. The average molecular weight is 296 g/mol. The summed E-state index contributed by atoms with van der Waals surface area (Å²) in [6.45, 7) is 5.28. The number of carbonyl (C=O) groups excluding carboxylic acids is 1. The molecule has 0 atom stereocenters. The van der Waals surface area contributed by atoms with Gasteiger partial charge in [0.25, 0.3) is 0 Å². The maximum Gasteiger partial charge on any atom is 0.226 e. The van der Waals surface area contributed by atoms with Gasteiger partial charge < -0.3 is 25.3 Å². The second-order valence-corrected chi connectivity index (χ2v) is 4.79. The maximum absolute atomic E-state index is 11.8. The predicted octanol–water partition coefficient (Wildman–Crippen LogP) is 2.05. The molecule has 1 aromatic rings. The fourth-order valence-electron chi connectivity index (χ4n) is 1.65. The molecular formula is C15H24N2O4. The van der Waals surface area contributed by atoms with Gasteiger partial charge in [-0.3, -0.25) is 4.79 Å². The standard InChI is InChI=1S/C15H24N2O4/c1-11(2)21-9-8-20-7-6-15(18)17-13-10-12(16)4-5-14(13)19-3/h4-5,10-11H,6-9,16H2,1-3H3,(H,17,18). The van der Waals surface area contributed by atoms with Crippen molar-refractivity contribution < 1.29 is 19.0 Å². The van der Waals surface area contributed by atoms with E-state index in [0.717, 1.165) is 0 Å². The molecule has 0 aromatic heterocycles. The Hall–Kier alpha value is -1.79. The third-order valence-electron chi connectivity index (χ3n) is 2.65. The molecule has 1 aromatic carbocycles. The van der Waals surface area contributed by atoms with E-state index >= 15 is 0 Å². The smallest absolute Gasteiger partial charge is 0.226 e. The van der Waals surface area contributed by atoms with E-state index in [0.29, 0.717) is 36.9 Å². The van der Waals surface area contributed by atoms with E-state index in [-0.39, 0.29) is 18.4 Å². The van der Waals surface area contributed by atoms with Crippen LogP contribution in [0.2, 0.25) is 0 Å². The third-order valence-corrected chi connectivity index (χ3v) is 2.65. The van der Waals surface area contributed by atoms with Gasteiger partial charge in [0.2, 0.25) is 5.91 Å². The Bertz CT molecular complexity index is 449. The van der Waals surface area contributed by atoms with Crippen LogP contribution >= 0.6 is 0 Å². The van der Waals surface area contributed by atoms with Crippen LogP contribution in [0.1, 0.15) is 20.3 Å². The molecule has 0 radical (unpaired) electrons. The lowest BCUT2D eigenvalue weighted by molar-refractivity contribution is -0.117. The van der Waals surface area contributed by atoms with Crippen molar-refractivity contribution in [3.63, 3.8) is 0 Å². The molecule has 0 bridgehead atoms. The molecule has 6 nitrogen and oxygen atoms in total. The van der Waals surface area contributed by atoms with Gasteiger partial charge in [0.05, 0.1) is 45.1 Å². The van der Waals surface area contributed by atoms with E-state index in [1.807, 2.05) is 13.8 Å². The lowest BCUT2D eigenvalue weighted by Gasteiger charge is -2.11. The molecule has 3 N–H and O–H groups in total. The number of anilines is 2. The number of hydrogen-bond donors (Lipinski definition) is 2. The molecule has 0 unspecified atom stereocenters. The summed E-state index contributed by atoms with van der Waals surface area (Å²) in [4.78, 5) is 11.8. The first-order valence-corrected chi connectivity index (χ1v) is 6.95. The van der Waals surface area contributed by atoms with E-state index in [2.05, 4.69) is 5.32 Å². The van der Waals surface area contributed by atoms with Crippen LogP contribution in [-0.4, -0.2) is 38.9 Å². The zero-order valence-corrected chi connectivity index (χ0v) is 12.8. The molecule has 21 heavy (non-hydrogen) atoms. The molecule has 1 amide bonds. The summed E-state index contributed by atoms with van der Waals surface area (Å²) in [5.74, 6) is 0.424. The topological polar surface area (TPSA) is 82.8 Å². The van der Waals surface area contributed by atoms with Crippen molar-refractivity contribution in [1.82, 2.24) is 0 Å². The number of benzene rings is 1. The van der Waals surface area contributed by atoms with E-state index in [4.69, 9.17) is 19.9 Å². The highest BCUT2D eigenvalue weighted by atomic mass is 16.5. The average Bonchev–Trinajstić information content (AvgIpc) is 2.42. The minimum Gasteiger partial charge on any atom is -0.495 e. The van der Waals surface area contributed by atoms with Gasteiger partial charge in [-0.05, 0) is 32.0 Å². The third kappa shape index (κ3) is 6.97. The minimum absolute atomic E-state index is 0.149. The highest BCUT2D eigenvalue weighted by Crippen LogP contribution is 2.26. The first kappa shape index (κ1) is 17.3. The summed E-state index contributed by atoms with van der Waals surface area (Å²) in [6.07, 6.45) is 0.451. The molecular weight excluding hydrogens is 272 g/mol. The SMILES string of the molecule is COc1ccc(N)cc1NC(=O)CCOCCOC(C)C. The Morgan fingerprint density at radius 1 is 1.29 bits per heavy atom. The van der Waals surface area contributed by atoms with E-state index < -0.39 is 0 Å². The van der Waals surface area contributed by atoms with Gasteiger partial charge in [0, 0.05) is 5.69 Å². The van der Waals surface area contributed by atoms with Crippen LogP contribution in [0.3, 0.4) is 0 Å². The number of nitrogen functional groups attached to an aromatic ring is 1. The Morgan fingerprint density at radius 2 is 2.05 bits per heavy atom. The fraction of sp³-hybridized carbons (Fsp3) is 0.533. The lowest BCUT2D eigenvalue weighted by Crippen LogP contribution is -2.16. The van der Waals surface area contributed by atoms with Gasteiger partial charge in [-0.25, -0.2) is 0 Å². The van der Waals surface area contributed by atoms with Crippen molar-refractivity contribution in [1.29, 1.82) is 0 Å². The number of carbonyl (C=O) groups is 1. The second-order valence-electron chi connectivity index (χ2n) is 4.79. The molecule has 0 aliphatic carbocycles. The van der Waals surface area contributed by atoms with Gasteiger partial charge in [0.15, 0.2) is 0 Å². The first-order chi connectivity index (χ1) is 10.0. The van der Waals surface area contributed by atoms with Crippen LogP contribution in [0.5, 0.6) is 5.75 Å². The van der Waals surface area contributed by atoms with Crippen molar-refractivity contribution in [3.8, 4) is 5.75 Å². The van der Waals surface area contributed by atoms with Crippen molar-refractivity contribution >= 4 is 17.3 Å². The number of rotatable bonds is 9. The Labute approximate surface area is 125 Å². The Balaban J connectivity index is 2.29. The predicted molar refractivity (Wildman–Crippen MR) is 82.6 cm³/mol. The Morgan fingerprint density at radius 3 is 2.71 bits per heavy atom. The molecule has 0 spiro atoms. The van der Waals surface area contributed by atoms with Crippen molar-refractivity contribution in [2.24, 2.45) is 0 Å². The fourth-order valence-corrected chi connectivity index (χ4v) is 1.65. The second kappa shape index (κ2) is 9.20. The van der Waals surface area contributed by atoms with Crippen LogP contribution in [-0.2, 0) is 14.3 Å². The first-order valence-electron chi connectivity index (χ1n) is 6.95. The largest absolute Gasteiger partial charge is 0.495 e. The number of nitrogens with one attached hydrogen (secondary N) is 1. The number of hydrogen-bond acceptors (Lipinski definition) is 5. The summed E-state index contributed by atoms with van der Waals surface area (Å²) in [5, 5.41) is 2.76.